The number of benzene rings is 2. The minimum atomic E-state index is -0.193. The average Bonchev–Trinajstić information content (AvgIpc) is 2.41. The maximum atomic E-state index is 12.1. The summed E-state index contributed by atoms with van der Waals surface area (Å²) in [6.07, 6.45) is 0. The van der Waals surface area contributed by atoms with Crippen LogP contribution in [0.5, 0.6) is 5.75 Å². The number of nitrogen functional groups attached to an aromatic ring is 1. The fourth-order valence-corrected chi connectivity index (χ4v) is 2.29. The van der Waals surface area contributed by atoms with Gasteiger partial charge >= 0.3 is 0 Å². The molecule has 0 spiro atoms. The van der Waals surface area contributed by atoms with Crippen molar-refractivity contribution in [1.29, 1.82) is 0 Å². The van der Waals surface area contributed by atoms with Gasteiger partial charge in [0.15, 0.2) is 0 Å². The summed E-state index contributed by atoms with van der Waals surface area (Å²) >= 11 is 2.20. The molecule has 0 aliphatic rings. The second kappa shape index (κ2) is 6.60. The molecule has 0 radical (unpaired) electrons. The highest BCUT2D eigenvalue weighted by molar-refractivity contribution is 14.1. The van der Waals surface area contributed by atoms with Crippen molar-refractivity contribution in [3.05, 3.63) is 51.6 Å². The maximum Gasteiger partial charge on any atom is 0.255 e. The molecule has 3 N–H and O–H groups in total. The lowest BCUT2D eigenvalue weighted by Gasteiger charge is -2.09. The Hall–Kier alpha value is -1.76. The number of carbonyl (C=O) groups excluding carboxylic acids is 1. The summed E-state index contributed by atoms with van der Waals surface area (Å²) in [5, 5.41) is 2.84. The quantitative estimate of drug-likeness (QED) is 0.628. The van der Waals surface area contributed by atoms with Gasteiger partial charge in [0.2, 0.25) is 0 Å². The summed E-state index contributed by atoms with van der Waals surface area (Å²) in [7, 11) is 0. The first-order chi connectivity index (χ1) is 9.60. The first-order valence-corrected chi connectivity index (χ1v) is 7.27. The van der Waals surface area contributed by atoms with Crippen molar-refractivity contribution in [1.82, 2.24) is 0 Å². The van der Waals surface area contributed by atoms with Gasteiger partial charge in [0.05, 0.1) is 12.3 Å². The number of nitrogens with one attached hydrogen (secondary N) is 1. The zero-order valence-corrected chi connectivity index (χ0v) is 13.2. The molecule has 4 nitrogen and oxygen atoms in total. The third-order valence-electron chi connectivity index (χ3n) is 2.65. The van der Waals surface area contributed by atoms with Crippen LogP contribution in [0.25, 0.3) is 0 Å². The summed E-state index contributed by atoms with van der Waals surface area (Å²) in [5.74, 6) is 0.403. The molecule has 0 aromatic heterocycles. The molecule has 0 saturated carbocycles. The van der Waals surface area contributed by atoms with Gasteiger partial charge in [0.1, 0.15) is 5.75 Å². The van der Waals surface area contributed by atoms with Crippen LogP contribution in [0.2, 0.25) is 0 Å². The smallest absolute Gasteiger partial charge is 0.255 e. The van der Waals surface area contributed by atoms with E-state index in [0.717, 1.165) is 9.26 Å². The third-order valence-corrected chi connectivity index (χ3v) is 3.33. The van der Waals surface area contributed by atoms with Gasteiger partial charge in [-0.05, 0) is 65.9 Å². The number of carbonyl (C=O) groups is 1. The van der Waals surface area contributed by atoms with Crippen LogP contribution in [0, 0.1) is 3.57 Å². The molecule has 2 aromatic carbocycles. The highest BCUT2D eigenvalue weighted by Crippen LogP contribution is 2.23. The molecule has 2 aromatic rings. The molecule has 1 amide bonds. The van der Waals surface area contributed by atoms with E-state index in [1.807, 2.05) is 31.2 Å². The first kappa shape index (κ1) is 14.6. The van der Waals surface area contributed by atoms with Crippen molar-refractivity contribution in [2.75, 3.05) is 17.7 Å². The van der Waals surface area contributed by atoms with Gasteiger partial charge in [-0.2, -0.15) is 0 Å². The molecule has 2 rings (SSSR count). The molecular weight excluding hydrogens is 367 g/mol. The third kappa shape index (κ3) is 3.63. The van der Waals surface area contributed by atoms with Crippen LogP contribution >= 0.6 is 22.6 Å². The van der Waals surface area contributed by atoms with E-state index in [-0.39, 0.29) is 5.91 Å². The predicted molar refractivity (Wildman–Crippen MR) is 89.1 cm³/mol. The van der Waals surface area contributed by atoms with Gasteiger partial charge in [-0.3, -0.25) is 4.79 Å². The zero-order valence-electron chi connectivity index (χ0n) is 11.0. The summed E-state index contributed by atoms with van der Waals surface area (Å²) in [5.41, 5.74) is 7.58. The van der Waals surface area contributed by atoms with Gasteiger partial charge in [-0.25, -0.2) is 0 Å². The van der Waals surface area contributed by atoms with Crippen LogP contribution in [0.4, 0.5) is 11.4 Å². The molecule has 0 fully saturated rings. The topological polar surface area (TPSA) is 64.3 Å². The lowest BCUT2D eigenvalue weighted by molar-refractivity contribution is 0.102. The lowest BCUT2D eigenvalue weighted by atomic mass is 10.1. The minimum Gasteiger partial charge on any atom is -0.492 e. The Balaban J connectivity index is 2.15. The second-order valence-corrected chi connectivity index (χ2v) is 5.40. The molecule has 0 heterocycles. The molecule has 0 atom stereocenters. The fourth-order valence-electron chi connectivity index (χ4n) is 1.75. The molecule has 104 valence electrons. The van der Waals surface area contributed by atoms with E-state index in [1.165, 1.54) is 0 Å². The van der Waals surface area contributed by atoms with Crippen LogP contribution in [0.3, 0.4) is 0 Å². The van der Waals surface area contributed by atoms with Crippen LogP contribution < -0.4 is 15.8 Å². The van der Waals surface area contributed by atoms with Crippen LogP contribution in [-0.2, 0) is 0 Å². The standard InChI is InChI=1S/C15H15IN2O2/c1-2-20-14-7-6-10(8-13(14)17)15(19)18-12-5-3-4-11(16)9-12/h3-9H,2,17H2,1H3,(H,18,19). The Morgan fingerprint density at radius 1 is 1.30 bits per heavy atom. The van der Waals surface area contributed by atoms with E-state index in [0.29, 0.717) is 23.6 Å². The van der Waals surface area contributed by atoms with Crippen molar-refractivity contribution in [2.24, 2.45) is 0 Å². The number of ether oxygens (including phenoxy) is 1. The first-order valence-electron chi connectivity index (χ1n) is 6.19. The monoisotopic (exact) mass is 382 g/mol. The molecular formula is C15H15IN2O2. The number of halogens is 1. The van der Waals surface area contributed by atoms with Crippen LogP contribution in [-0.4, -0.2) is 12.5 Å². The van der Waals surface area contributed by atoms with Crippen molar-refractivity contribution >= 4 is 39.9 Å². The molecule has 0 saturated heterocycles. The fraction of sp³-hybridized carbons (Fsp3) is 0.133. The summed E-state index contributed by atoms with van der Waals surface area (Å²) in [6.45, 7) is 2.43. The molecule has 20 heavy (non-hydrogen) atoms. The lowest BCUT2D eigenvalue weighted by Crippen LogP contribution is -2.12. The number of rotatable bonds is 4. The highest BCUT2D eigenvalue weighted by Gasteiger charge is 2.09. The van der Waals surface area contributed by atoms with Crippen molar-refractivity contribution in [3.8, 4) is 5.75 Å². The van der Waals surface area contributed by atoms with Gasteiger partial charge in [-0.15, -0.1) is 0 Å². The maximum absolute atomic E-state index is 12.1. The molecule has 0 bridgehead atoms. The second-order valence-electron chi connectivity index (χ2n) is 4.15. The Morgan fingerprint density at radius 3 is 2.75 bits per heavy atom. The van der Waals surface area contributed by atoms with Crippen LogP contribution in [0.15, 0.2) is 42.5 Å². The molecule has 0 aliphatic heterocycles. The van der Waals surface area contributed by atoms with E-state index in [1.54, 1.807) is 18.2 Å². The normalized spacial score (nSPS) is 10.1. The predicted octanol–water partition coefficient (Wildman–Crippen LogP) is 3.52. The number of nitrogens with two attached hydrogens (primary N) is 1. The van der Waals surface area contributed by atoms with Gasteiger partial charge in [-0.1, -0.05) is 6.07 Å². The van der Waals surface area contributed by atoms with Crippen molar-refractivity contribution < 1.29 is 9.53 Å². The van der Waals surface area contributed by atoms with E-state index in [2.05, 4.69) is 27.9 Å². The Bertz CT molecular complexity index is 629. The summed E-state index contributed by atoms with van der Waals surface area (Å²) in [6, 6.07) is 12.6. The van der Waals surface area contributed by atoms with E-state index in [9.17, 15) is 4.79 Å². The zero-order chi connectivity index (χ0) is 14.5. The van der Waals surface area contributed by atoms with E-state index < -0.39 is 0 Å². The van der Waals surface area contributed by atoms with Gasteiger partial charge < -0.3 is 15.8 Å². The van der Waals surface area contributed by atoms with Crippen molar-refractivity contribution in [2.45, 2.75) is 6.92 Å². The van der Waals surface area contributed by atoms with Gasteiger partial charge in [0.25, 0.3) is 5.91 Å². The van der Waals surface area contributed by atoms with E-state index >= 15 is 0 Å². The Morgan fingerprint density at radius 2 is 2.10 bits per heavy atom. The number of hydrogen-bond donors (Lipinski definition) is 2. The SMILES string of the molecule is CCOc1ccc(C(=O)Nc2cccc(I)c2)cc1N. The number of hydrogen-bond acceptors (Lipinski definition) is 3. The summed E-state index contributed by atoms with van der Waals surface area (Å²) in [4.78, 5) is 12.1. The van der Waals surface area contributed by atoms with Crippen molar-refractivity contribution in [3.63, 3.8) is 0 Å². The largest absolute Gasteiger partial charge is 0.492 e. The minimum absolute atomic E-state index is 0.193. The molecule has 0 unspecified atom stereocenters. The highest BCUT2D eigenvalue weighted by atomic mass is 127. The molecule has 0 aliphatic carbocycles. The Kier molecular flexibility index (Phi) is 4.84. The molecule has 5 heteroatoms. The average molecular weight is 382 g/mol. The Labute approximate surface area is 131 Å². The van der Waals surface area contributed by atoms with E-state index in [4.69, 9.17) is 10.5 Å². The van der Waals surface area contributed by atoms with Crippen LogP contribution in [0.1, 0.15) is 17.3 Å². The number of anilines is 2. The van der Waals surface area contributed by atoms with Gasteiger partial charge in [0, 0.05) is 14.8 Å². The number of amides is 1. The summed E-state index contributed by atoms with van der Waals surface area (Å²) < 4.78 is 6.41.